The van der Waals surface area contributed by atoms with Gasteiger partial charge in [-0.3, -0.25) is 9.59 Å². The van der Waals surface area contributed by atoms with Crippen LogP contribution in [0, 0.1) is 11.6 Å². The van der Waals surface area contributed by atoms with Crippen LogP contribution in [-0.4, -0.2) is 33.8 Å². The summed E-state index contributed by atoms with van der Waals surface area (Å²) in [4.78, 5) is 24.5. The van der Waals surface area contributed by atoms with Gasteiger partial charge < -0.3 is 10.6 Å². The van der Waals surface area contributed by atoms with Gasteiger partial charge in [0.15, 0.2) is 11.6 Å². The zero-order valence-electron chi connectivity index (χ0n) is 15.1. The first kappa shape index (κ1) is 21.5. The van der Waals surface area contributed by atoms with E-state index in [0.717, 1.165) is 12.1 Å². The van der Waals surface area contributed by atoms with Gasteiger partial charge in [-0.05, 0) is 42.0 Å². The Kier molecular flexibility index (Phi) is 6.81. The van der Waals surface area contributed by atoms with E-state index >= 15 is 0 Å². The highest BCUT2D eigenvalue weighted by molar-refractivity contribution is 7.89. The number of sulfonamides is 1. The van der Waals surface area contributed by atoms with Gasteiger partial charge in [0, 0.05) is 19.2 Å². The van der Waals surface area contributed by atoms with Crippen molar-refractivity contribution >= 4 is 21.8 Å². The third kappa shape index (κ3) is 4.90. The molecule has 0 aliphatic carbocycles. The number of likely N-dealkylation sites (N-methyl/N-ethyl adjacent to an activating group) is 1. The van der Waals surface area contributed by atoms with Crippen molar-refractivity contribution in [3.05, 3.63) is 65.2 Å². The summed E-state index contributed by atoms with van der Waals surface area (Å²) in [6, 6.07) is 6.66. The summed E-state index contributed by atoms with van der Waals surface area (Å²) in [6.07, 6.45) is 0. The smallest absolute Gasteiger partial charge is 0.252 e. The maximum Gasteiger partial charge on any atom is 0.252 e. The molecule has 1 atom stereocenters. The Bertz CT molecular complexity index is 979. The highest BCUT2D eigenvalue weighted by atomic mass is 32.2. The van der Waals surface area contributed by atoms with Gasteiger partial charge in [-0.25, -0.2) is 21.9 Å². The molecule has 150 valence electrons. The van der Waals surface area contributed by atoms with Crippen LogP contribution >= 0.6 is 0 Å². The highest BCUT2D eigenvalue weighted by Crippen LogP contribution is 2.18. The van der Waals surface area contributed by atoms with Crippen LogP contribution < -0.4 is 15.4 Å². The molecule has 0 aliphatic rings. The van der Waals surface area contributed by atoms with Crippen molar-refractivity contribution in [1.29, 1.82) is 0 Å². The summed E-state index contributed by atoms with van der Waals surface area (Å²) in [6.45, 7) is 1.85. The molecule has 0 heterocycles. The van der Waals surface area contributed by atoms with Crippen molar-refractivity contribution in [3.8, 4) is 0 Å². The van der Waals surface area contributed by atoms with E-state index in [-0.39, 0.29) is 22.6 Å². The molecule has 28 heavy (non-hydrogen) atoms. The molecule has 0 saturated heterocycles. The van der Waals surface area contributed by atoms with E-state index < -0.39 is 39.5 Å². The molecule has 0 aromatic heterocycles. The van der Waals surface area contributed by atoms with Gasteiger partial charge in [0.05, 0.1) is 4.90 Å². The number of amides is 2. The van der Waals surface area contributed by atoms with Gasteiger partial charge in [-0.1, -0.05) is 13.0 Å². The summed E-state index contributed by atoms with van der Waals surface area (Å²) in [5, 5.41) is 4.77. The van der Waals surface area contributed by atoms with E-state index in [0.29, 0.717) is 0 Å². The molecule has 0 fully saturated rings. The molecule has 2 amide bonds. The number of carbonyl (C=O) groups excluding carboxylic acids is 2. The second-order valence-electron chi connectivity index (χ2n) is 5.72. The Labute approximate surface area is 161 Å². The molecular weight excluding hydrogens is 392 g/mol. The van der Waals surface area contributed by atoms with Crippen LogP contribution in [0.2, 0.25) is 0 Å². The molecule has 2 aromatic rings. The quantitative estimate of drug-likeness (QED) is 0.642. The zero-order valence-corrected chi connectivity index (χ0v) is 15.9. The van der Waals surface area contributed by atoms with E-state index in [9.17, 15) is 26.8 Å². The lowest BCUT2D eigenvalue weighted by atomic mass is 10.0. The van der Waals surface area contributed by atoms with Gasteiger partial charge >= 0.3 is 0 Å². The van der Waals surface area contributed by atoms with E-state index in [1.165, 1.54) is 37.4 Å². The molecule has 0 saturated carbocycles. The number of hydrogen-bond donors (Lipinski definition) is 3. The Balaban J connectivity index is 2.26. The maximum atomic E-state index is 13.5. The van der Waals surface area contributed by atoms with Gasteiger partial charge in [0.1, 0.15) is 6.04 Å². The number of rotatable bonds is 7. The van der Waals surface area contributed by atoms with Crippen molar-refractivity contribution in [2.24, 2.45) is 0 Å². The summed E-state index contributed by atoms with van der Waals surface area (Å²) >= 11 is 0. The minimum Gasteiger partial charge on any atom is -0.357 e. The predicted molar refractivity (Wildman–Crippen MR) is 97.9 cm³/mol. The fourth-order valence-corrected chi connectivity index (χ4v) is 3.45. The number of hydrogen-bond acceptors (Lipinski definition) is 4. The molecule has 10 heteroatoms. The first-order valence-corrected chi connectivity index (χ1v) is 9.75. The van der Waals surface area contributed by atoms with Crippen molar-refractivity contribution in [3.63, 3.8) is 0 Å². The van der Waals surface area contributed by atoms with Crippen LogP contribution in [0.3, 0.4) is 0 Å². The molecule has 7 nitrogen and oxygen atoms in total. The lowest BCUT2D eigenvalue weighted by Crippen LogP contribution is -2.39. The Hall–Kier alpha value is -2.85. The molecule has 1 unspecified atom stereocenters. The van der Waals surface area contributed by atoms with E-state index in [4.69, 9.17) is 0 Å². The van der Waals surface area contributed by atoms with E-state index in [1.54, 1.807) is 6.92 Å². The number of halogens is 2. The predicted octanol–water partition coefficient (Wildman–Crippen LogP) is 1.48. The summed E-state index contributed by atoms with van der Waals surface area (Å²) < 4.78 is 52.8. The maximum absolute atomic E-state index is 13.5. The zero-order chi connectivity index (χ0) is 20.9. The molecule has 0 aliphatic heterocycles. The van der Waals surface area contributed by atoms with Crippen molar-refractivity contribution in [2.75, 3.05) is 13.6 Å². The third-order valence-corrected chi connectivity index (χ3v) is 5.38. The van der Waals surface area contributed by atoms with Crippen molar-refractivity contribution in [1.82, 2.24) is 15.4 Å². The number of benzene rings is 2. The molecular formula is C18H19F2N3O4S. The van der Waals surface area contributed by atoms with Crippen molar-refractivity contribution in [2.45, 2.75) is 17.9 Å². The Morgan fingerprint density at radius 2 is 1.68 bits per heavy atom. The third-order valence-electron chi connectivity index (χ3n) is 3.82. The molecule has 2 rings (SSSR count). The van der Waals surface area contributed by atoms with E-state index in [2.05, 4.69) is 15.4 Å². The molecule has 3 N–H and O–H groups in total. The van der Waals surface area contributed by atoms with Gasteiger partial charge in [0.2, 0.25) is 15.9 Å². The number of nitrogens with one attached hydrogen (secondary N) is 3. The van der Waals surface area contributed by atoms with Gasteiger partial charge in [0.25, 0.3) is 5.91 Å². The highest BCUT2D eigenvalue weighted by Gasteiger charge is 2.24. The minimum atomic E-state index is -3.67. The molecule has 2 aromatic carbocycles. The number of carbonyl (C=O) groups is 2. The molecule has 0 bridgehead atoms. The van der Waals surface area contributed by atoms with Crippen LogP contribution in [-0.2, 0) is 14.8 Å². The fourth-order valence-electron chi connectivity index (χ4n) is 2.41. The van der Waals surface area contributed by atoms with Crippen LogP contribution in [0.4, 0.5) is 8.78 Å². The van der Waals surface area contributed by atoms with Gasteiger partial charge in [-0.2, -0.15) is 0 Å². The lowest BCUT2D eigenvalue weighted by Gasteiger charge is -2.18. The lowest BCUT2D eigenvalue weighted by molar-refractivity contribution is -0.122. The van der Waals surface area contributed by atoms with Crippen LogP contribution in [0.15, 0.2) is 47.4 Å². The first-order valence-electron chi connectivity index (χ1n) is 8.26. The standard InChI is InChI=1S/C18H19F2N3O4S/c1-3-22-28(26,27)13-7-4-11(5-8-13)17(24)23-16(18(25)21-2)12-6-9-14(19)15(20)10-12/h4-10,16,22H,3H2,1-2H3,(H,21,25)(H,23,24). The van der Waals surface area contributed by atoms with Crippen LogP contribution in [0.1, 0.15) is 28.9 Å². The van der Waals surface area contributed by atoms with Crippen LogP contribution in [0.25, 0.3) is 0 Å². The second-order valence-corrected chi connectivity index (χ2v) is 7.49. The minimum absolute atomic E-state index is 0.0191. The first-order chi connectivity index (χ1) is 13.2. The fraction of sp³-hybridized carbons (Fsp3) is 0.222. The largest absolute Gasteiger partial charge is 0.357 e. The average molecular weight is 411 g/mol. The average Bonchev–Trinajstić information content (AvgIpc) is 2.67. The Morgan fingerprint density at radius 3 is 2.21 bits per heavy atom. The second kappa shape index (κ2) is 8.89. The molecule has 0 radical (unpaired) electrons. The van der Waals surface area contributed by atoms with Crippen molar-refractivity contribution < 1.29 is 26.8 Å². The Morgan fingerprint density at radius 1 is 1.04 bits per heavy atom. The van der Waals surface area contributed by atoms with Gasteiger partial charge in [-0.15, -0.1) is 0 Å². The summed E-state index contributed by atoms with van der Waals surface area (Å²) in [5.74, 6) is -3.56. The normalized spacial score (nSPS) is 12.3. The summed E-state index contributed by atoms with van der Waals surface area (Å²) in [5.41, 5.74) is 0.143. The summed E-state index contributed by atoms with van der Waals surface area (Å²) in [7, 11) is -2.33. The topological polar surface area (TPSA) is 104 Å². The van der Waals surface area contributed by atoms with E-state index in [1.807, 2.05) is 0 Å². The molecule has 0 spiro atoms. The van der Waals surface area contributed by atoms with Crippen LogP contribution in [0.5, 0.6) is 0 Å². The monoisotopic (exact) mass is 411 g/mol. The SMILES string of the molecule is CCNS(=O)(=O)c1ccc(C(=O)NC(C(=O)NC)c2ccc(F)c(F)c2)cc1.